The topological polar surface area (TPSA) is 80.9 Å². The lowest BCUT2D eigenvalue weighted by Crippen LogP contribution is -2.37. The van der Waals surface area contributed by atoms with Gasteiger partial charge in [-0.1, -0.05) is 13.8 Å². The first-order chi connectivity index (χ1) is 8.22. The molecule has 0 aliphatic carbocycles. The second kappa shape index (κ2) is 5.65. The summed E-state index contributed by atoms with van der Waals surface area (Å²) in [4.78, 5) is 19.9. The van der Waals surface area contributed by atoms with E-state index in [9.17, 15) is 4.79 Å². The van der Waals surface area contributed by atoms with Gasteiger partial charge in [-0.15, -0.1) is 0 Å². The van der Waals surface area contributed by atoms with Crippen molar-refractivity contribution in [2.45, 2.75) is 33.6 Å². The van der Waals surface area contributed by atoms with Crippen LogP contribution in [-0.2, 0) is 4.79 Å². The van der Waals surface area contributed by atoms with Crippen LogP contribution in [-0.4, -0.2) is 22.4 Å². The first-order valence-electron chi connectivity index (χ1n) is 5.80. The Hall–Kier alpha value is -1.17. The molecular weight excluding hydrogens is 296 g/mol. The normalized spacial score (nSPS) is 11.7. The Balaban J connectivity index is 2.82. The molecule has 0 aliphatic rings. The summed E-state index contributed by atoms with van der Waals surface area (Å²) < 4.78 is 0.723. The fraction of sp³-hybridized carbons (Fsp3) is 0.583. The zero-order chi connectivity index (χ0) is 13.9. The molecule has 1 rings (SSSR count). The number of nitrogens with two attached hydrogens (primary N) is 1. The molecule has 3 N–H and O–H groups in total. The molecule has 1 heterocycles. The highest BCUT2D eigenvalue weighted by molar-refractivity contribution is 9.10. The van der Waals surface area contributed by atoms with Crippen LogP contribution in [0.4, 0.5) is 5.82 Å². The number of hydrogen-bond acceptors (Lipinski definition) is 4. The van der Waals surface area contributed by atoms with Gasteiger partial charge in [0.25, 0.3) is 0 Å². The van der Waals surface area contributed by atoms with Crippen LogP contribution in [0.5, 0.6) is 0 Å². The highest BCUT2D eigenvalue weighted by Gasteiger charge is 2.24. The zero-order valence-electron chi connectivity index (χ0n) is 11.1. The van der Waals surface area contributed by atoms with Crippen molar-refractivity contribution in [3.63, 3.8) is 0 Å². The average Bonchev–Trinajstić information content (AvgIpc) is 2.25. The fourth-order valence-corrected chi connectivity index (χ4v) is 1.58. The molecule has 100 valence electrons. The van der Waals surface area contributed by atoms with Gasteiger partial charge >= 0.3 is 0 Å². The Morgan fingerprint density at radius 3 is 2.61 bits per heavy atom. The molecule has 0 bridgehead atoms. The van der Waals surface area contributed by atoms with Crippen LogP contribution in [0.15, 0.2) is 10.7 Å². The van der Waals surface area contributed by atoms with Crippen molar-refractivity contribution in [1.82, 2.24) is 9.97 Å². The van der Waals surface area contributed by atoms with Crippen molar-refractivity contribution in [2.75, 3.05) is 11.9 Å². The monoisotopic (exact) mass is 314 g/mol. The number of rotatable bonds is 5. The van der Waals surface area contributed by atoms with E-state index in [1.165, 1.54) is 0 Å². The number of nitrogens with zero attached hydrogens (tertiary/aromatic N) is 2. The number of primary amides is 1. The standard InChI is InChI=1S/C12H19BrN4O/c1-7(2)10-16-8(13)5-9(17-10)15-6-12(3,4)11(14)18/h5,7H,6H2,1-4H3,(H2,14,18)(H,15,16,17). The molecule has 1 amide bonds. The second-order valence-corrected chi connectivity index (χ2v) is 6.00. The van der Waals surface area contributed by atoms with Gasteiger partial charge in [0, 0.05) is 18.5 Å². The van der Waals surface area contributed by atoms with Gasteiger partial charge in [0.05, 0.1) is 5.41 Å². The number of nitrogens with one attached hydrogen (secondary N) is 1. The summed E-state index contributed by atoms with van der Waals surface area (Å²) in [6, 6.07) is 1.78. The molecule has 0 saturated heterocycles. The van der Waals surface area contributed by atoms with Gasteiger partial charge in [-0.2, -0.15) is 0 Å². The van der Waals surface area contributed by atoms with Crippen LogP contribution in [0.25, 0.3) is 0 Å². The van der Waals surface area contributed by atoms with Crippen LogP contribution in [0.3, 0.4) is 0 Å². The van der Waals surface area contributed by atoms with Crippen molar-refractivity contribution in [1.29, 1.82) is 0 Å². The van der Waals surface area contributed by atoms with Crippen molar-refractivity contribution in [3.05, 3.63) is 16.5 Å². The lowest BCUT2D eigenvalue weighted by molar-refractivity contribution is -0.125. The summed E-state index contributed by atoms with van der Waals surface area (Å²) in [5.41, 5.74) is 4.71. The third-order valence-corrected chi connectivity index (χ3v) is 3.01. The summed E-state index contributed by atoms with van der Waals surface area (Å²) in [5, 5.41) is 3.12. The second-order valence-electron chi connectivity index (χ2n) is 5.19. The van der Waals surface area contributed by atoms with Crippen LogP contribution in [0, 0.1) is 5.41 Å². The minimum Gasteiger partial charge on any atom is -0.369 e. The molecule has 0 atom stereocenters. The van der Waals surface area contributed by atoms with E-state index in [2.05, 4.69) is 31.2 Å². The predicted molar refractivity (Wildman–Crippen MR) is 75.3 cm³/mol. The molecule has 1 aromatic heterocycles. The third kappa shape index (κ3) is 3.94. The first kappa shape index (κ1) is 14.9. The van der Waals surface area contributed by atoms with Gasteiger partial charge in [0.2, 0.25) is 5.91 Å². The highest BCUT2D eigenvalue weighted by Crippen LogP contribution is 2.19. The molecule has 0 aliphatic heterocycles. The van der Waals surface area contributed by atoms with Crippen molar-refractivity contribution >= 4 is 27.7 Å². The molecule has 0 spiro atoms. The molecule has 0 fully saturated rings. The highest BCUT2D eigenvalue weighted by atomic mass is 79.9. The Morgan fingerprint density at radius 2 is 2.11 bits per heavy atom. The Bertz CT molecular complexity index is 446. The van der Waals surface area contributed by atoms with Crippen LogP contribution in [0.2, 0.25) is 0 Å². The first-order valence-corrected chi connectivity index (χ1v) is 6.60. The maximum absolute atomic E-state index is 11.2. The molecule has 1 aromatic rings. The Kier molecular flexibility index (Phi) is 4.67. The van der Waals surface area contributed by atoms with E-state index in [0.717, 1.165) is 10.4 Å². The zero-order valence-corrected chi connectivity index (χ0v) is 12.7. The van der Waals surface area contributed by atoms with E-state index in [1.54, 1.807) is 19.9 Å². The largest absolute Gasteiger partial charge is 0.369 e. The van der Waals surface area contributed by atoms with E-state index < -0.39 is 5.41 Å². The lowest BCUT2D eigenvalue weighted by atomic mass is 9.93. The van der Waals surface area contributed by atoms with Gasteiger partial charge in [0.1, 0.15) is 16.2 Å². The number of aromatic nitrogens is 2. The van der Waals surface area contributed by atoms with Gasteiger partial charge < -0.3 is 11.1 Å². The van der Waals surface area contributed by atoms with Crippen LogP contribution in [0.1, 0.15) is 39.4 Å². The van der Waals surface area contributed by atoms with Gasteiger partial charge in [-0.05, 0) is 29.8 Å². The van der Waals surface area contributed by atoms with Gasteiger partial charge in [0.15, 0.2) is 0 Å². The molecule has 6 heteroatoms. The van der Waals surface area contributed by atoms with Crippen molar-refractivity contribution in [2.24, 2.45) is 11.1 Å². The number of halogens is 1. The summed E-state index contributed by atoms with van der Waals surface area (Å²) in [6.07, 6.45) is 0. The third-order valence-electron chi connectivity index (χ3n) is 2.61. The lowest BCUT2D eigenvalue weighted by Gasteiger charge is -2.21. The molecule has 0 unspecified atom stereocenters. The van der Waals surface area contributed by atoms with Crippen molar-refractivity contribution < 1.29 is 4.79 Å². The van der Waals surface area contributed by atoms with E-state index in [-0.39, 0.29) is 11.8 Å². The van der Waals surface area contributed by atoms with E-state index in [1.807, 2.05) is 13.8 Å². The Labute approximate surface area is 116 Å². The molecule has 0 aromatic carbocycles. The average molecular weight is 315 g/mol. The van der Waals surface area contributed by atoms with E-state index in [4.69, 9.17) is 5.73 Å². The van der Waals surface area contributed by atoms with Crippen molar-refractivity contribution in [3.8, 4) is 0 Å². The van der Waals surface area contributed by atoms with E-state index in [0.29, 0.717) is 12.4 Å². The van der Waals surface area contributed by atoms with Crippen LogP contribution < -0.4 is 11.1 Å². The maximum atomic E-state index is 11.2. The predicted octanol–water partition coefficient (Wildman–Crippen LogP) is 2.29. The molecule has 18 heavy (non-hydrogen) atoms. The van der Waals surface area contributed by atoms with Gasteiger partial charge in [-0.3, -0.25) is 4.79 Å². The summed E-state index contributed by atoms with van der Waals surface area (Å²) >= 11 is 3.35. The number of carbonyl (C=O) groups excluding carboxylic acids is 1. The molecule has 0 saturated carbocycles. The Morgan fingerprint density at radius 1 is 1.50 bits per heavy atom. The number of amides is 1. The van der Waals surface area contributed by atoms with Crippen LogP contribution >= 0.6 is 15.9 Å². The molecule has 5 nitrogen and oxygen atoms in total. The fourth-order valence-electron chi connectivity index (χ4n) is 1.18. The minimum absolute atomic E-state index is 0.243. The SMILES string of the molecule is CC(C)c1nc(Br)cc(NCC(C)(C)C(N)=O)n1. The summed E-state index contributed by atoms with van der Waals surface area (Å²) in [7, 11) is 0. The summed E-state index contributed by atoms with van der Waals surface area (Å²) in [5.74, 6) is 1.35. The molecular formula is C12H19BrN4O. The number of anilines is 1. The molecule has 0 radical (unpaired) electrons. The van der Waals surface area contributed by atoms with E-state index >= 15 is 0 Å². The van der Waals surface area contributed by atoms with Gasteiger partial charge in [-0.25, -0.2) is 9.97 Å². The smallest absolute Gasteiger partial charge is 0.224 e. The number of carbonyl (C=O) groups is 1. The minimum atomic E-state index is -0.616. The summed E-state index contributed by atoms with van der Waals surface area (Å²) in [6.45, 7) is 8.07. The maximum Gasteiger partial charge on any atom is 0.224 e. The number of hydrogen-bond donors (Lipinski definition) is 2. The quantitative estimate of drug-likeness (QED) is 0.817.